The molecule has 0 spiro atoms. The van der Waals surface area contributed by atoms with E-state index in [0.29, 0.717) is 5.02 Å². The van der Waals surface area contributed by atoms with Crippen molar-refractivity contribution in [1.29, 1.82) is 0 Å². The number of aliphatic hydroxyl groups is 1. The molecule has 2 aromatic heterocycles. The molecular formula is C16H12ClF3N4O2. The van der Waals surface area contributed by atoms with Crippen LogP contribution in [0.15, 0.2) is 49.2 Å². The number of nitrogens with zero attached hydrogens (tertiary/aromatic N) is 4. The number of benzene rings is 1. The van der Waals surface area contributed by atoms with E-state index in [1.54, 1.807) is 0 Å². The molecule has 10 heteroatoms. The molecule has 0 radical (unpaired) electrons. The highest BCUT2D eigenvalue weighted by molar-refractivity contribution is 6.30. The number of hydrogen-bond acceptors (Lipinski definition) is 5. The zero-order valence-electron chi connectivity index (χ0n) is 13.1. The number of pyridine rings is 1. The monoisotopic (exact) mass is 384 g/mol. The molecule has 3 rings (SSSR count). The largest absolute Gasteiger partial charge is 0.439 e. The van der Waals surface area contributed by atoms with Crippen LogP contribution in [0.25, 0.3) is 0 Å². The first kappa shape index (κ1) is 18.2. The first-order valence-corrected chi connectivity index (χ1v) is 7.72. The molecule has 6 nitrogen and oxygen atoms in total. The summed E-state index contributed by atoms with van der Waals surface area (Å²) in [4.78, 5) is 7.54. The second kappa shape index (κ2) is 7.30. The number of hydrogen-bond donors (Lipinski definition) is 1. The Labute approximate surface area is 150 Å². The summed E-state index contributed by atoms with van der Waals surface area (Å²) in [7, 11) is 0. The van der Waals surface area contributed by atoms with Gasteiger partial charge in [0, 0.05) is 22.8 Å². The van der Waals surface area contributed by atoms with Crippen molar-refractivity contribution in [2.45, 2.75) is 18.8 Å². The molecule has 0 bridgehead atoms. The van der Waals surface area contributed by atoms with Crippen LogP contribution in [-0.2, 0) is 12.7 Å². The highest BCUT2D eigenvalue weighted by atomic mass is 35.5. The highest BCUT2D eigenvalue weighted by Gasteiger charge is 2.36. The van der Waals surface area contributed by atoms with Crippen LogP contribution in [0.1, 0.15) is 17.2 Å². The van der Waals surface area contributed by atoms with Crippen LogP contribution in [0.3, 0.4) is 0 Å². The number of rotatable bonds is 5. The second-order valence-corrected chi connectivity index (χ2v) is 5.73. The molecule has 1 unspecified atom stereocenters. The third-order valence-corrected chi connectivity index (χ3v) is 3.69. The van der Waals surface area contributed by atoms with Gasteiger partial charge < -0.3 is 9.84 Å². The van der Waals surface area contributed by atoms with Crippen LogP contribution in [0.5, 0.6) is 11.6 Å². The summed E-state index contributed by atoms with van der Waals surface area (Å²) < 4.78 is 46.8. The summed E-state index contributed by atoms with van der Waals surface area (Å²) in [6, 6.07) is 6.83. The van der Waals surface area contributed by atoms with Crippen molar-refractivity contribution >= 4 is 11.6 Å². The lowest BCUT2D eigenvalue weighted by molar-refractivity contribution is -0.139. The van der Waals surface area contributed by atoms with Gasteiger partial charge in [-0.15, -0.1) is 0 Å². The van der Waals surface area contributed by atoms with E-state index in [1.807, 2.05) is 0 Å². The molecule has 2 heterocycles. The molecule has 3 aromatic rings. The van der Waals surface area contributed by atoms with Crippen molar-refractivity contribution in [3.05, 3.63) is 65.3 Å². The molecule has 0 saturated carbocycles. The molecule has 0 aliphatic heterocycles. The van der Waals surface area contributed by atoms with E-state index in [2.05, 4.69) is 15.1 Å². The van der Waals surface area contributed by atoms with Gasteiger partial charge in [0.2, 0.25) is 5.88 Å². The minimum Gasteiger partial charge on any atom is -0.439 e. The quantitative estimate of drug-likeness (QED) is 0.723. The number of aromatic nitrogens is 4. The van der Waals surface area contributed by atoms with Gasteiger partial charge >= 0.3 is 6.18 Å². The molecule has 0 fully saturated rings. The molecule has 0 aliphatic carbocycles. The van der Waals surface area contributed by atoms with Crippen LogP contribution in [0.4, 0.5) is 13.2 Å². The van der Waals surface area contributed by atoms with Gasteiger partial charge in [0.15, 0.2) is 0 Å². The predicted molar refractivity (Wildman–Crippen MR) is 85.7 cm³/mol. The van der Waals surface area contributed by atoms with Gasteiger partial charge in [0.1, 0.15) is 24.5 Å². The average Bonchev–Trinajstić information content (AvgIpc) is 3.09. The summed E-state index contributed by atoms with van der Waals surface area (Å²) >= 11 is 5.75. The first-order chi connectivity index (χ1) is 12.3. The summed E-state index contributed by atoms with van der Waals surface area (Å²) in [6.07, 6.45) is -2.71. The van der Waals surface area contributed by atoms with Gasteiger partial charge in [0.25, 0.3) is 0 Å². The van der Waals surface area contributed by atoms with Crippen molar-refractivity contribution in [2.24, 2.45) is 0 Å². The molecule has 0 saturated heterocycles. The van der Waals surface area contributed by atoms with E-state index in [9.17, 15) is 18.3 Å². The van der Waals surface area contributed by atoms with Crippen LogP contribution in [0.2, 0.25) is 5.02 Å². The van der Waals surface area contributed by atoms with E-state index in [4.69, 9.17) is 16.3 Å². The average molecular weight is 385 g/mol. The SMILES string of the molecule is OC(Cn1cncn1)c1cnc(Oc2ccc(Cl)cc2)cc1C(F)(F)F. The van der Waals surface area contributed by atoms with Crippen LogP contribution in [-0.4, -0.2) is 24.9 Å². The standard InChI is InChI=1S/C16H12ClF3N4O2/c17-10-1-3-11(4-2-10)26-15-5-13(16(18,19)20)12(6-22-15)14(25)7-24-9-21-8-23-24/h1-6,8-9,14,25H,7H2. The molecule has 0 amide bonds. The van der Waals surface area contributed by atoms with Crippen LogP contribution in [0, 0.1) is 0 Å². The molecule has 1 N–H and O–H groups in total. The van der Waals surface area contributed by atoms with E-state index in [0.717, 1.165) is 12.3 Å². The number of alkyl halides is 3. The summed E-state index contributed by atoms with van der Waals surface area (Å²) in [5.41, 5.74) is -1.42. The Kier molecular flexibility index (Phi) is 5.10. The predicted octanol–water partition coefficient (Wildman–Crippen LogP) is 3.87. The Bertz CT molecular complexity index is 870. The first-order valence-electron chi connectivity index (χ1n) is 7.34. The summed E-state index contributed by atoms with van der Waals surface area (Å²) in [5, 5.41) is 14.4. The smallest absolute Gasteiger partial charge is 0.417 e. The van der Waals surface area contributed by atoms with E-state index in [-0.39, 0.29) is 23.7 Å². The Morgan fingerprint density at radius 3 is 2.58 bits per heavy atom. The van der Waals surface area contributed by atoms with Crippen LogP contribution >= 0.6 is 11.6 Å². The Morgan fingerprint density at radius 1 is 1.23 bits per heavy atom. The molecular weight excluding hydrogens is 373 g/mol. The van der Waals surface area contributed by atoms with Gasteiger partial charge in [-0.25, -0.2) is 9.97 Å². The van der Waals surface area contributed by atoms with Crippen molar-refractivity contribution in [3.8, 4) is 11.6 Å². The molecule has 1 aromatic carbocycles. The molecule has 136 valence electrons. The van der Waals surface area contributed by atoms with Crippen LogP contribution < -0.4 is 4.74 Å². The van der Waals surface area contributed by atoms with Gasteiger partial charge in [-0.1, -0.05) is 11.6 Å². The van der Waals surface area contributed by atoms with Crippen molar-refractivity contribution in [1.82, 2.24) is 19.7 Å². The van der Waals surface area contributed by atoms with Crippen molar-refractivity contribution < 1.29 is 23.0 Å². The maximum Gasteiger partial charge on any atom is 0.417 e. The number of aliphatic hydroxyl groups excluding tert-OH is 1. The number of ether oxygens (including phenoxy) is 1. The normalized spacial score (nSPS) is 12.8. The fourth-order valence-corrected chi connectivity index (χ4v) is 2.37. The fourth-order valence-electron chi connectivity index (χ4n) is 2.24. The topological polar surface area (TPSA) is 73.1 Å². The fraction of sp³-hybridized carbons (Fsp3) is 0.188. The summed E-state index contributed by atoms with van der Waals surface area (Å²) in [5.74, 6) is 0.0299. The second-order valence-electron chi connectivity index (χ2n) is 5.30. The van der Waals surface area contributed by atoms with Crippen molar-refractivity contribution in [3.63, 3.8) is 0 Å². The van der Waals surface area contributed by atoms with Gasteiger partial charge in [-0.2, -0.15) is 18.3 Å². The minimum atomic E-state index is -4.69. The number of halogens is 4. The van der Waals surface area contributed by atoms with Gasteiger partial charge in [-0.05, 0) is 24.3 Å². The van der Waals surface area contributed by atoms with Gasteiger partial charge in [0.05, 0.1) is 12.1 Å². The lowest BCUT2D eigenvalue weighted by Gasteiger charge is -2.18. The third-order valence-electron chi connectivity index (χ3n) is 3.44. The lowest BCUT2D eigenvalue weighted by atomic mass is 10.0. The highest BCUT2D eigenvalue weighted by Crippen LogP contribution is 2.37. The molecule has 26 heavy (non-hydrogen) atoms. The Hall–Kier alpha value is -2.65. The van der Waals surface area contributed by atoms with E-state index in [1.165, 1.54) is 41.6 Å². The van der Waals surface area contributed by atoms with E-state index < -0.39 is 17.8 Å². The maximum atomic E-state index is 13.4. The Balaban J connectivity index is 1.89. The maximum absolute atomic E-state index is 13.4. The summed E-state index contributed by atoms with van der Waals surface area (Å²) in [6.45, 7) is -0.192. The lowest BCUT2D eigenvalue weighted by Crippen LogP contribution is -2.16. The molecule has 1 atom stereocenters. The van der Waals surface area contributed by atoms with Gasteiger partial charge in [-0.3, -0.25) is 4.68 Å². The zero-order chi connectivity index (χ0) is 18.7. The van der Waals surface area contributed by atoms with E-state index >= 15 is 0 Å². The molecule has 0 aliphatic rings. The minimum absolute atomic E-state index is 0.192. The Morgan fingerprint density at radius 2 is 1.96 bits per heavy atom. The van der Waals surface area contributed by atoms with Crippen molar-refractivity contribution in [2.75, 3.05) is 0 Å². The third kappa shape index (κ3) is 4.30. The zero-order valence-corrected chi connectivity index (χ0v) is 13.8.